The summed E-state index contributed by atoms with van der Waals surface area (Å²) >= 11 is 0. The third-order valence-electron chi connectivity index (χ3n) is 4.73. The standard InChI is InChI=1S/C19H27N3O3/c1-21(2)19(24)15-4-3-5-16(10-15)20-18(23)12-22(17-6-7-17)11-14-8-9-25-13-14/h3-5,10,14,17H,6-9,11-13H2,1-2H3,(H,20,23). The van der Waals surface area contributed by atoms with Crippen molar-refractivity contribution >= 4 is 17.5 Å². The molecule has 0 bridgehead atoms. The highest BCUT2D eigenvalue weighted by molar-refractivity contribution is 5.97. The van der Waals surface area contributed by atoms with Gasteiger partial charge >= 0.3 is 0 Å². The maximum atomic E-state index is 12.5. The van der Waals surface area contributed by atoms with E-state index in [9.17, 15) is 9.59 Å². The lowest BCUT2D eigenvalue weighted by atomic mass is 10.1. The summed E-state index contributed by atoms with van der Waals surface area (Å²) in [5.74, 6) is 0.437. The van der Waals surface area contributed by atoms with E-state index >= 15 is 0 Å². The minimum Gasteiger partial charge on any atom is -0.381 e. The van der Waals surface area contributed by atoms with Gasteiger partial charge < -0.3 is 15.0 Å². The van der Waals surface area contributed by atoms with Crippen LogP contribution in [0.3, 0.4) is 0 Å². The molecule has 3 rings (SSSR count). The molecule has 1 saturated heterocycles. The summed E-state index contributed by atoms with van der Waals surface area (Å²) in [4.78, 5) is 28.3. The van der Waals surface area contributed by atoms with Gasteiger partial charge in [-0.15, -0.1) is 0 Å². The van der Waals surface area contributed by atoms with Gasteiger partial charge in [0.05, 0.1) is 13.2 Å². The second-order valence-corrected chi connectivity index (χ2v) is 7.22. The molecule has 1 aliphatic carbocycles. The zero-order valence-corrected chi connectivity index (χ0v) is 15.0. The molecule has 1 heterocycles. The molecular weight excluding hydrogens is 318 g/mol. The molecule has 1 aromatic carbocycles. The van der Waals surface area contributed by atoms with Gasteiger partial charge in [0.15, 0.2) is 0 Å². The van der Waals surface area contributed by atoms with E-state index in [0.29, 0.717) is 29.8 Å². The van der Waals surface area contributed by atoms with Crippen LogP contribution in [-0.4, -0.2) is 68.1 Å². The van der Waals surface area contributed by atoms with E-state index in [2.05, 4.69) is 10.2 Å². The summed E-state index contributed by atoms with van der Waals surface area (Å²) in [6.07, 6.45) is 3.43. The number of hydrogen-bond acceptors (Lipinski definition) is 4. The van der Waals surface area contributed by atoms with Crippen LogP contribution in [0.25, 0.3) is 0 Å². The number of benzene rings is 1. The number of anilines is 1. The zero-order valence-electron chi connectivity index (χ0n) is 15.0. The Morgan fingerprint density at radius 1 is 1.24 bits per heavy atom. The molecule has 0 radical (unpaired) electrons. The molecule has 1 atom stereocenters. The largest absolute Gasteiger partial charge is 0.381 e. The number of amides is 2. The molecule has 0 aromatic heterocycles. The Morgan fingerprint density at radius 2 is 2.04 bits per heavy atom. The first-order valence-electron chi connectivity index (χ1n) is 8.96. The summed E-state index contributed by atoms with van der Waals surface area (Å²) < 4.78 is 5.45. The molecule has 1 N–H and O–H groups in total. The van der Waals surface area contributed by atoms with Crippen molar-refractivity contribution in [3.05, 3.63) is 29.8 Å². The van der Waals surface area contributed by atoms with E-state index in [1.807, 2.05) is 6.07 Å². The van der Waals surface area contributed by atoms with E-state index < -0.39 is 0 Å². The van der Waals surface area contributed by atoms with Crippen molar-refractivity contribution in [3.8, 4) is 0 Å². The lowest BCUT2D eigenvalue weighted by Crippen LogP contribution is -2.38. The minimum atomic E-state index is -0.0723. The average molecular weight is 345 g/mol. The van der Waals surface area contributed by atoms with Gasteiger partial charge in [-0.1, -0.05) is 6.07 Å². The minimum absolute atomic E-state index is 0.0275. The Labute approximate surface area is 149 Å². The number of ether oxygens (including phenoxy) is 1. The van der Waals surface area contributed by atoms with Gasteiger partial charge in [-0.3, -0.25) is 14.5 Å². The molecule has 6 heteroatoms. The van der Waals surface area contributed by atoms with Gasteiger partial charge in [-0.2, -0.15) is 0 Å². The summed E-state index contributed by atoms with van der Waals surface area (Å²) in [6, 6.07) is 7.63. The normalized spacial score (nSPS) is 19.9. The fraction of sp³-hybridized carbons (Fsp3) is 0.579. The number of hydrogen-bond donors (Lipinski definition) is 1. The first-order valence-corrected chi connectivity index (χ1v) is 8.96. The monoisotopic (exact) mass is 345 g/mol. The van der Waals surface area contributed by atoms with E-state index in [-0.39, 0.29) is 11.8 Å². The highest BCUT2D eigenvalue weighted by atomic mass is 16.5. The molecular formula is C19H27N3O3. The van der Waals surface area contributed by atoms with E-state index in [0.717, 1.165) is 26.2 Å². The summed E-state index contributed by atoms with van der Waals surface area (Å²) in [6.45, 7) is 2.96. The first kappa shape index (κ1) is 17.9. The molecule has 2 aliphatic rings. The van der Waals surface area contributed by atoms with Crippen LogP contribution in [0.1, 0.15) is 29.6 Å². The second kappa shape index (κ2) is 7.97. The van der Waals surface area contributed by atoms with Gasteiger partial charge in [0.25, 0.3) is 5.91 Å². The van der Waals surface area contributed by atoms with Crippen molar-refractivity contribution in [1.82, 2.24) is 9.80 Å². The van der Waals surface area contributed by atoms with Crippen molar-refractivity contribution in [2.45, 2.75) is 25.3 Å². The van der Waals surface area contributed by atoms with Crippen LogP contribution >= 0.6 is 0 Å². The van der Waals surface area contributed by atoms with E-state index in [1.165, 1.54) is 17.7 Å². The molecule has 2 amide bonds. The van der Waals surface area contributed by atoms with Crippen LogP contribution in [0, 0.1) is 5.92 Å². The Morgan fingerprint density at radius 3 is 2.68 bits per heavy atom. The summed E-state index contributed by atoms with van der Waals surface area (Å²) in [5, 5.41) is 2.93. The lowest BCUT2D eigenvalue weighted by molar-refractivity contribution is -0.117. The summed E-state index contributed by atoms with van der Waals surface area (Å²) in [7, 11) is 3.43. The fourth-order valence-corrected chi connectivity index (χ4v) is 3.21. The smallest absolute Gasteiger partial charge is 0.253 e. The van der Waals surface area contributed by atoms with E-state index in [4.69, 9.17) is 4.74 Å². The Kier molecular flexibility index (Phi) is 5.71. The molecule has 6 nitrogen and oxygen atoms in total. The summed E-state index contributed by atoms with van der Waals surface area (Å²) in [5.41, 5.74) is 1.24. The van der Waals surface area contributed by atoms with Gasteiger partial charge in [-0.05, 0) is 43.4 Å². The third kappa shape index (κ3) is 5.03. The lowest BCUT2D eigenvalue weighted by Gasteiger charge is -2.24. The van der Waals surface area contributed by atoms with E-state index in [1.54, 1.807) is 32.3 Å². The molecule has 1 aromatic rings. The predicted octanol–water partition coefficient (Wildman–Crippen LogP) is 1.83. The van der Waals surface area contributed by atoms with Gasteiger partial charge in [0.1, 0.15) is 0 Å². The van der Waals surface area contributed by atoms with Gasteiger partial charge in [0.2, 0.25) is 5.91 Å². The zero-order chi connectivity index (χ0) is 17.8. The fourth-order valence-electron chi connectivity index (χ4n) is 3.21. The Bertz CT molecular complexity index is 622. The van der Waals surface area contributed by atoms with Crippen molar-refractivity contribution in [2.24, 2.45) is 5.92 Å². The van der Waals surface area contributed by atoms with Crippen LogP contribution < -0.4 is 5.32 Å². The van der Waals surface area contributed by atoms with Crippen LogP contribution in [0.2, 0.25) is 0 Å². The highest BCUT2D eigenvalue weighted by Crippen LogP contribution is 2.28. The number of nitrogens with one attached hydrogen (secondary N) is 1. The second-order valence-electron chi connectivity index (χ2n) is 7.22. The number of carbonyl (C=O) groups excluding carboxylic acids is 2. The number of nitrogens with zero attached hydrogens (tertiary/aromatic N) is 2. The maximum Gasteiger partial charge on any atom is 0.253 e. The molecule has 25 heavy (non-hydrogen) atoms. The molecule has 1 unspecified atom stereocenters. The van der Waals surface area contributed by atoms with Crippen molar-refractivity contribution < 1.29 is 14.3 Å². The molecule has 0 spiro atoms. The predicted molar refractivity (Wildman–Crippen MR) is 96.6 cm³/mol. The average Bonchev–Trinajstić information content (AvgIpc) is 3.31. The van der Waals surface area contributed by atoms with Crippen LogP contribution in [0.4, 0.5) is 5.69 Å². The Hall–Kier alpha value is -1.92. The SMILES string of the molecule is CN(C)C(=O)c1cccc(NC(=O)CN(CC2CCOC2)C2CC2)c1. The molecule has 1 aliphatic heterocycles. The van der Waals surface area contributed by atoms with Crippen LogP contribution in [0.15, 0.2) is 24.3 Å². The topological polar surface area (TPSA) is 61.9 Å². The van der Waals surface area contributed by atoms with Crippen LogP contribution in [-0.2, 0) is 9.53 Å². The molecule has 2 fully saturated rings. The third-order valence-corrected chi connectivity index (χ3v) is 4.73. The first-order chi connectivity index (χ1) is 12.0. The van der Waals surface area contributed by atoms with Crippen molar-refractivity contribution in [1.29, 1.82) is 0 Å². The number of carbonyl (C=O) groups is 2. The van der Waals surface area contributed by atoms with Crippen molar-refractivity contribution in [3.63, 3.8) is 0 Å². The molecule has 1 saturated carbocycles. The maximum absolute atomic E-state index is 12.5. The van der Waals surface area contributed by atoms with Crippen molar-refractivity contribution in [2.75, 3.05) is 45.7 Å². The molecule has 136 valence electrons. The van der Waals surface area contributed by atoms with Gasteiger partial charge in [0, 0.05) is 44.5 Å². The number of rotatable bonds is 7. The quantitative estimate of drug-likeness (QED) is 0.819. The Balaban J connectivity index is 1.57. The van der Waals surface area contributed by atoms with Gasteiger partial charge in [-0.25, -0.2) is 0 Å². The van der Waals surface area contributed by atoms with Crippen LogP contribution in [0.5, 0.6) is 0 Å². The highest BCUT2D eigenvalue weighted by Gasteiger charge is 2.32.